The third kappa shape index (κ3) is 6.05. The van der Waals surface area contributed by atoms with E-state index in [1.54, 1.807) is 21.1 Å². The number of pyridine rings is 1. The van der Waals surface area contributed by atoms with Crippen molar-refractivity contribution in [2.45, 2.75) is 33.7 Å². The van der Waals surface area contributed by atoms with E-state index in [1.165, 1.54) is 26.3 Å². The lowest BCUT2D eigenvalue weighted by Crippen LogP contribution is -2.39. The predicted octanol–water partition coefficient (Wildman–Crippen LogP) is 4.57. The van der Waals surface area contributed by atoms with Crippen LogP contribution in [0.4, 0.5) is 0 Å². The maximum Gasteiger partial charge on any atom is 0.333 e. The van der Waals surface area contributed by atoms with Gasteiger partial charge in [-0.25, -0.2) is 9.78 Å². The van der Waals surface area contributed by atoms with E-state index >= 15 is 0 Å². The second-order valence-corrected chi connectivity index (χ2v) is 8.63. The molecule has 0 fully saturated rings. The first kappa shape index (κ1) is 28.0. The summed E-state index contributed by atoms with van der Waals surface area (Å²) in [6.07, 6.45) is 1.32. The van der Waals surface area contributed by atoms with E-state index in [-0.39, 0.29) is 11.4 Å². The highest BCUT2D eigenvalue weighted by Gasteiger charge is 2.24. The number of ether oxygens (including phenoxy) is 4. The zero-order chi connectivity index (χ0) is 28.0. The molecule has 3 aromatic rings. The van der Waals surface area contributed by atoms with Gasteiger partial charge >= 0.3 is 5.97 Å². The van der Waals surface area contributed by atoms with Gasteiger partial charge in [-0.2, -0.15) is 0 Å². The van der Waals surface area contributed by atoms with Gasteiger partial charge in [-0.1, -0.05) is 12.1 Å². The number of hydrogen-bond donors (Lipinski definition) is 2. The molecule has 0 aliphatic heterocycles. The molecule has 0 bridgehead atoms. The summed E-state index contributed by atoms with van der Waals surface area (Å²) in [6.45, 7) is 7.04. The average Bonchev–Trinajstić information content (AvgIpc) is 2.89. The van der Waals surface area contributed by atoms with Crippen molar-refractivity contribution in [2.24, 2.45) is 0 Å². The zero-order valence-electron chi connectivity index (χ0n) is 22.5. The number of amides is 1. The van der Waals surface area contributed by atoms with Gasteiger partial charge in [0.2, 0.25) is 0 Å². The van der Waals surface area contributed by atoms with Gasteiger partial charge < -0.3 is 29.4 Å². The number of benzene rings is 2. The minimum Gasteiger partial charge on any atom is -0.503 e. The molecule has 0 saturated carbocycles. The monoisotopic (exact) mass is 520 g/mol. The lowest BCUT2D eigenvalue weighted by atomic mass is 9.94. The molecule has 0 spiro atoms. The Morgan fingerprint density at radius 1 is 0.868 bits per heavy atom. The maximum atomic E-state index is 13.0. The molecule has 9 heteroatoms. The number of aryl methyl sites for hydroxylation is 2. The third-order valence-electron chi connectivity index (χ3n) is 6.00. The van der Waals surface area contributed by atoms with Gasteiger partial charge in [-0.3, -0.25) is 4.79 Å². The van der Waals surface area contributed by atoms with E-state index in [0.717, 1.165) is 33.8 Å². The Kier molecular flexibility index (Phi) is 8.96. The SMILES string of the molecule is COc1ccc(C(=C(C)OC(=O)[C@H](C)NC(=O)c2nccc(OC)c2O)c2ccc(OC)c(C)c2)cc1C. The summed E-state index contributed by atoms with van der Waals surface area (Å²) in [5.41, 5.74) is 3.90. The highest BCUT2D eigenvalue weighted by Crippen LogP contribution is 2.33. The van der Waals surface area contributed by atoms with Crippen LogP contribution in [0.1, 0.15) is 46.6 Å². The largest absolute Gasteiger partial charge is 0.503 e. The Morgan fingerprint density at radius 3 is 1.87 bits per heavy atom. The van der Waals surface area contributed by atoms with Crippen LogP contribution in [-0.2, 0) is 9.53 Å². The molecule has 0 radical (unpaired) electrons. The lowest BCUT2D eigenvalue weighted by Gasteiger charge is -2.18. The number of carbonyl (C=O) groups excluding carboxylic acids is 2. The summed E-state index contributed by atoms with van der Waals surface area (Å²) in [5, 5.41) is 12.7. The van der Waals surface area contributed by atoms with Crippen LogP contribution in [0.3, 0.4) is 0 Å². The predicted molar refractivity (Wildman–Crippen MR) is 143 cm³/mol. The quantitative estimate of drug-likeness (QED) is 0.311. The smallest absolute Gasteiger partial charge is 0.333 e. The summed E-state index contributed by atoms with van der Waals surface area (Å²) in [5.74, 6) is 0.0476. The van der Waals surface area contributed by atoms with Gasteiger partial charge in [0.15, 0.2) is 17.2 Å². The van der Waals surface area contributed by atoms with E-state index in [0.29, 0.717) is 11.3 Å². The Hall–Kier alpha value is -4.53. The number of rotatable bonds is 9. The fourth-order valence-electron chi connectivity index (χ4n) is 4.02. The number of esters is 1. The van der Waals surface area contributed by atoms with Gasteiger partial charge in [0.05, 0.1) is 21.3 Å². The highest BCUT2D eigenvalue weighted by atomic mass is 16.5. The van der Waals surface area contributed by atoms with E-state index in [2.05, 4.69) is 10.3 Å². The number of aromatic hydroxyl groups is 1. The van der Waals surface area contributed by atoms with Crippen LogP contribution >= 0.6 is 0 Å². The van der Waals surface area contributed by atoms with Crippen LogP contribution in [0.25, 0.3) is 5.57 Å². The summed E-state index contributed by atoms with van der Waals surface area (Å²) in [4.78, 5) is 29.6. The number of nitrogens with zero attached hydrogens (tertiary/aromatic N) is 1. The van der Waals surface area contributed by atoms with E-state index < -0.39 is 23.7 Å². The van der Waals surface area contributed by atoms with Crippen molar-refractivity contribution in [3.05, 3.63) is 82.4 Å². The number of methoxy groups -OCH3 is 3. The number of aromatic nitrogens is 1. The van der Waals surface area contributed by atoms with Crippen LogP contribution in [0.15, 0.2) is 54.4 Å². The van der Waals surface area contributed by atoms with Gasteiger partial charge in [-0.15, -0.1) is 0 Å². The molecular weight excluding hydrogens is 488 g/mol. The summed E-state index contributed by atoms with van der Waals surface area (Å²) < 4.78 is 21.6. The molecule has 2 aromatic carbocycles. The van der Waals surface area contributed by atoms with E-state index in [9.17, 15) is 14.7 Å². The number of hydrogen-bond acceptors (Lipinski definition) is 8. The van der Waals surface area contributed by atoms with Gasteiger partial charge in [0.25, 0.3) is 5.91 Å². The van der Waals surface area contributed by atoms with Crippen molar-refractivity contribution in [3.8, 4) is 23.0 Å². The van der Waals surface area contributed by atoms with Crippen LogP contribution in [0, 0.1) is 13.8 Å². The van der Waals surface area contributed by atoms with Crippen LogP contribution in [-0.4, -0.2) is 49.3 Å². The first-order valence-electron chi connectivity index (χ1n) is 11.9. The Balaban J connectivity index is 1.94. The Morgan fingerprint density at radius 2 is 1.39 bits per heavy atom. The second-order valence-electron chi connectivity index (χ2n) is 8.63. The van der Waals surface area contributed by atoms with E-state index in [1.807, 2.05) is 50.2 Å². The third-order valence-corrected chi connectivity index (χ3v) is 6.00. The summed E-state index contributed by atoms with van der Waals surface area (Å²) >= 11 is 0. The van der Waals surface area contributed by atoms with Crippen molar-refractivity contribution >= 4 is 17.4 Å². The fraction of sp³-hybridized carbons (Fsp3) is 0.276. The van der Waals surface area contributed by atoms with Gasteiger partial charge in [-0.05, 0) is 74.2 Å². The minimum absolute atomic E-state index is 0.0911. The molecule has 1 heterocycles. The zero-order valence-corrected chi connectivity index (χ0v) is 22.5. The molecule has 1 amide bonds. The van der Waals surface area contributed by atoms with Crippen molar-refractivity contribution in [3.63, 3.8) is 0 Å². The molecule has 9 nitrogen and oxygen atoms in total. The molecule has 0 unspecified atom stereocenters. The number of carbonyl (C=O) groups is 2. The van der Waals surface area contributed by atoms with Crippen LogP contribution in [0.5, 0.6) is 23.0 Å². The summed E-state index contributed by atoms with van der Waals surface area (Å²) in [7, 11) is 4.57. The molecule has 0 aliphatic rings. The van der Waals surface area contributed by atoms with Crippen LogP contribution in [0.2, 0.25) is 0 Å². The lowest BCUT2D eigenvalue weighted by molar-refractivity contribution is -0.141. The second kappa shape index (κ2) is 12.1. The summed E-state index contributed by atoms with van der Waals surface area (Å²) in [6, 6.07) is 11.8. The van der Waals surface area contributed by atoms with Crippen molar-refractivity contribution in [1.29, 1.82) is 0 Å². The highest BCUT2D eigenvalue weighted by molar-refractivity contribution is 5.98. The average molecular weight is 521 g/mol. The van der Waals surface area contributed by atoms with Gasteiger partial charge in [0.1, 0.15) is 23.3 Å². The minimum atomic E-state index is -1.04. The van der Waals surface area contributed by atoms with Crippen molar-refractivity contribution in [2.75, 3.05) is 21.3 Å². The number of allylic oxidation sites excluding steroid dienone is 1. The Labute approximate surface area is 222 Å². The fourth-order valence-corrected chi connectivity index (χ4v) is 4.02. The normalized spacial score (nSPS) is 11.2. The molecule has 1 atom stereocenters. The molecule has 1 aromatic heterocycles. The van der Waals surface area contributed by atoms with Gasteiger partial charge in [0, 0.05) is 17.8 Å². The Bertz CT molecular complexity index is 1330. The van der Waals surface area contributed by atoms with Crippen molar-refractivity contribution < 1.29 is 33.6 Å². The van der Waals surface area contributed by atoms with Crippen molar-refractivity contribution in [1.82, 2.24) is 10.3 Å². The van der Waals surface area contributed by atoms with Crippen LogP contribution < -0.4 is 19.5 Å². The molecule has 3 rings (SSSR count). The van der Waals surface area contributed by atoms with E-state index in [4.69, 9.17) is 18.9 Å². The first-order chi connectivity index (χ1) is 18.1. The molecule has 2 N–H and O–H groups in total. The maximum absolute atomic E-state index is 13.0. The standard InChI is InChI=1S/C29H32N2O7/c1-16-14-20(8-10-22(16)35-5)25(21-9-11-23(36-6)17(2)15-21)19(4)38-29(34)18(3)31-28(33)26-27(32)24(37-7)12-13-30-26/h8-15,18,32H,1-7H3,(H,31,33)/t18-/m0/s1. The molecule has 0 aliphatic carbocycles. The molecular formula is C29H32N2O7. The first-order valence-corrected chi connectivity index (χ1v) is 11.9. The topological polar surface area (TPSA) is 116 Å². The molecule has 38 heavy (non-hydrogen) atoms. The number of nitrogens with one attached hydrogen (secondary N) is 1. The molecule has 0 saturated heterocycles. The molecule has 200 valence electrons.